The van der Waals surface area contributed by atoms with Crippen LogP contribution >= 0.6 is 11.6 Å². The lowest BCUT2D eigenvalue weighted by atomic mass is 10.2. The van der Waals surface area contributed by atoms with Gasteiger partial charge in [-0.05, 0) is 24.6 Å². The maximum atomic E-state index is 8.70. The topological polar surface area (TPSA) is 35.8 Å². The maximum Gasteiger partial charge on any atom is 0.101 e. The number of hydrogen-bond donors (Lipinski definition) is 1. The van der Waals surface area contributed by atoms with Crippen molar-refractivity contribution in [3.63, 3.8) is 0 Å². The first-order chi connectivity index (χ1) is 7.21. The van der Waals surface area contributed by atoms with Gasteiger partial charge in [0.05, 0.1) is 16.6 Å². The van der Waals surface area contributed by atoms with Crippen LogP contribution < -0.4 is 5.32 Å². The monoisotopic (exact) mass is 218 g/mol. The van der Waals surface area contributed by atoms with E-state index in [1.807, 2.05) is 13.0 Å². The molecule has 1 N–H and O–H groups in total. The number of halogens is 1. The Bertz CT molecular complexity index is 426. The van der Waals surface area contributed by atoms with Gasteiger partial charge in [-0.15, -0.1) is 6.42 Å². The van der Waals surface area contributed by atoms with Crippen LogP contribution in [-0.2, 0) is 0 Å². The van der Waals surface area contributed by atoms with Crippen molar-refractivity contribution in [1.29, 1.82) is 5.26 Å². The molecule has 3 heteroatoms. The van der Waals surface area contributed by atoms with Gasteiger partial charge in [0, 0.05) is 5.69 Å². The Hall–Kier alpha value is -1.64. The van der Waals surface area contributed by atoms with E-state index in [0.29, 0.717) is 10.6 Å². The van der Waals surface area contributed by atoms with Crippen molar-refractivity contribution in [2.45, 2.75) is 19.4 Å². The summed E-state index contributed by atoms with van der Waals surface area (Å²) >= 11 is 5.89. The second-order valence-corrected chi connectivity index (χ2v) is 3.49. The SMILES string of the molecule is C#CC(CC)Nc1ccc(C#N)c(Cl)c1. The third-order valence-electron chi connectivity index (χ3n) is 2.04. The molecule has 1 unspecified atom stereocenters. The minimum atomic E-state index is -0.00555. The first-order valence-corrected chi connectivity index (χ1v) is 5.01. The van der Waals surface area contributed by atoms with Crippen molar-refractivity contribution in [2.24, 2.45) is 0 Å². The smallest absolute Gasteiger partial charge is 0.101 e. The highest BCUT2D eigenvalue weighted by atomic mass is 35.5. The van der Waals surface area contributed by atoms with Gasteiger partial charge in [0.25, 0.3) is 0 Å². The minimum Gasteiger partial charge on any atom is -0.372 e. The molecule has 0 radical (unpaired) electrons. The molecular formula is C12H11ClN2. The lowest BCUT2D eigenvalue weighted by molar-refractivity contribution is 0.858. The largest absolute Gasteiger partial charge is 0.372 e. The number of hydrogen-bond acceptors (Lipinski definition) is 2. The molecule has 15 heavy (non-hydrogen) atoms. The van der Waals surface area contributed by atoms with Crippen molar-refractivity contribution in [1.82, 2.24) is 0 Å². The third kappa shape index (κ3) is 2.91. The Morgan fingerprint density at radius 1 is 1.60 bits per heavy atom. The van der Waals surface area contributed by atoms with Gasteiger partial charge in [0.1, 0.15) is 6.07 Å². The van der Waals surface area contributed by atoms with E-state index in [2.05, 4.69) is 11.2 Å². The highest BCUT2D eigenvalue weighted by Gasteiger charge is 2.04. The highest BCUT2D eigenvalue weighted by molar-refractivity contribution is 6.32. The van der Waals surface area contributed by atoms with Gasteiger partial charge in [-0.3, -0.25) is 0 Å². The van der Waals surface area contributed by atoms with Crippen LogP contribution in [0.4, 0.5) is 5.69 Å². The molecule has 0 bridgehead atoms. The zero-order chi connectivity index (χ0) is 11.3. The zero-order valence-electron chi connectivity index (χ0n) is 8.42. The van der Waals surface area contributed by atoms with Gasteiger partial charge >= 0.3 is 0 Å². The molecule has 2 nitrogen and oxygen atoms in total. The van der Waals surface area contributed by atoms with Crippen LogP contribution in [0.5, 0.6) is 0 Å². The van der Waals surface area contributed by atoms with Crippen LogP contribution in [0.15, 0.2) is 18.2 Å². The standard InChI is InChI=1S/C12H11ClN2/c1-3-10(4-2)15-11-6-5-9(8-14)12(13)7-11/h1,5-7,10,15H,4H2,2H3. The fourth-order valence-electron chi connectivity index (χ4n) is 1.16. The van der Waals surface area contributed by atoms with E-state index in [-0.39, 0.29) is 6.04 Å². The van der Waals surface area contributed by atoms with Gasteiger partial charge in [-0.1, -0.05) is 24.4 Å². The summed E-state index contributed by atoms with van der Waals surface area (Å²) in [7, 11) is 0. The average molecular weight is 219 g/mol. The first kappa shape index (κ1) is 11.4. The number of nitriles is 1. The molecule has 1 atom stereocenters. The zero-order valence-corrected chi connectivity index (χ0v) is 9.17. The Morgan fingerprint density at radius 3 is 2.80 bits per heavy atom. The van der Waals surface area contributed by atoms with Crippen molar-refractivity contribution in [3.05, 3.63) is 28.8 Å². The van der Waals surface area contributed by atoms with Crippen LogP contribution in [0, 0.1) is 23.7 Å². The van der Waals surface area contributed by atoms with Gasteiger partial charge < -0.3 is 5.32 Å². The Morgan fingerprint density at radius 2 is 2.33 bits per heavy atom. The quantitative estimate of drug-likeness (QED) is 0.792. The molecule has 0 aliphatic rings. The molecule has 0 heterocycles. The minimum absolute atomic E-state index is 0.00555. The average Bonchev–Trinajstić information content (AvgIpc) is 2.26. The summed E-state index contributed by atoms with van der Waals surface area (Å²) in [5.74, 6) is 2.63. The van der Waals surface area contributed by atoms with Crippen LogP contribution in [0.25, 0.3) is 0 Å². The van der Waals surface area contributed by atoms with Crippen molar-refractivity contribution < 1.29 is 0 Å². The molecular weight excluding hydrogens is 208 g/mol. The van der Waals surface area contributed by atoms with E-state index in [0.717, 1.165) is 12.1 Å². The van der Waals surface area contributed by atoms with E-state index in [1.165, 1.54) is 0 Å². The summed E-state index contributed by atoms with van der Waals surface area (Å²) in [6.45, 7) is 2.00. The van der Waals surface area contributed by atoms with E-state index >= 15 is 0 Å². The van der Waals surface area contributed by atoms with Gasteiger partial charge in [0.2, 0.25) is 0 Å². The Labute approximate surface area is 94.9 Å². The molecule has 0 saturated carbocycles. The predicted octanol–water partition coefficient (Wildman–Crippen LogP) is 3.04. The summed E-state index contributed by atoms with van der Waals surface area (Å²) in [6, 6.07) is 7.18. The second kappa shape index (κ2) is 5.29. The summed E-state index contributed by atoms with van der Waals surface area (Å²) in [5.41, 5.74) is 1.31. The summed E-state index contributed by atoms with van der Waals surface area (Å²) in [4.78, 5) is 0. The normalized spacial score (nSPS) is 11.2. The maximum absolute atomic E-state index is 8.70. The van der Waals surface area contributed by atoms with Crippen molar-refractivity contribution >= 4 is 17.3 Å². The highest BCUT2D eigenvalue weighted by Crippen LogP contribution is 2.20. The second-order valence-electron chi connectivity index (χ2n) is 3.08. The molecule has 1 aromatic carbocycles. The number of nitrogens with one attached hydrogen (secondary N) is 1. The third-order valence-corrected chi connectivity index (χ3v) is 2.35. The molecule has 0 spiro atoms. The van der Waals surface area contributed by atoms with Crippen LogP contribution in [0.3, 0.4) is 0 Å². The first-order valence-electron chi connectivity index (χ1n) is 4.63. The van der Waals surface area contributed by atoms with Crippen molar-refractivity contribution in [3.8, 4) is 18.4 Å². The molecule has 0 aliphatic carbocycles. The predicted molar refractivity (Wildman–Crippen MR) is 62.7 cm³/mol. The molecule has 0 saturated heterocycles. The van der Waals surface area contributed by atoms with Gasteiger partial charge in [0.15, 0.2) is 0 Å². The Balaban J connectivity index is 2.86. The van der Waals surface area contributed by atoms with Gasteiger partial charge in [-0.2, -0.15) is 5.26 Å². The molecule has 76 valence electrons. The molecule has 0 aliphatic heterocycles. The van der Waals surface area contributed by atoms with Crippen LogP contribution in [0.1, 0.15) is 18.9 Å². The summed E-state index contributed by atoms with van der Waals surface area (Å²) in [5, 5.41) is 12.3. The number of benzene rings is 1. The van der Waals surface area contributed by atoms with E-state index in [9.17, 15) is 0 Å². The number of nitrogens with zero attached hydrogens (tertiary/aromatic N) is 1. The Kier molecular flexibility index (Phi) is 4.03. The molecule has 1 aromatic rings. The molecule has 0 fully saturated rings. The van der Waals surface area contributed by atoms with E-state index < -0.39 is 0 Å². The summed E-state index contributed by atoms with van der Waals surface area (Å²) in [6.07, 6.45) is 6.17. The lowest BCUT2D eigenvalue weighted by Gasteiger charge is -2.12. The van der Waals surface area contributed by atoms with Crippen LogP contribution in [0.2, 0.25) is 5.02 Å². The number of terminal acetylenes is 1. The lowest BCUT2D eigenvalue weighted by Crippen LogP contribution is -2.15. The molecule has 0 amide bonds. The number of rotatable bonds is 3. The molecule has 0 aromatic heterocycles. The van der Waals surface area contributed by atoms with E-state index in [1.54, 1.807) is 18.2 Å². The van der Waals surface area contributed by atoms with Crippen molar-refractivity contribution in [2.75, 3.05) is 5.32 Å². The fourth-order valence-corrected chi connectivity index (χ4v) is 1.38. The fraction of sp³-hybridized carbons (Fsp3) is 0.250. The van der Waals surface area contributed by atoms with E-state index in [4.69, 9.17) is 23.3 Å². The van der Waals surface area contributed by atoms with Gasteiger partial charge in [-0.25, -0.2) is 0 Å². The molecule has 1 rings (SSSR count). The number of anilines is 1. The van der Waals surface area contributed by atoms with Crippen LogP contribution in [-0.4, -0.2) is 6.04 Å². The summed E-state index contributed by atoms with van der Waals surface area (Å²) < 4.78 is 0.